The molecule has 1 aromatic rings. The Morgan fingerprint density at radius 2 is 2.26 bits per heavy atom. The first-order chi connectivity index (χ1) is 12.9. The highest BCUT2D eigenvalue weighted by atomic mass is 32.1. The number of aliphatic hydroxyl groups is 1. The minimum atomic E-state index is -0.899. The molecule has 0 saturated carbocycles. The van der Waals surface area contributed by atoms with Crippen molar-refractivity contribution in [1.82, 2.24) is 4.90 Å². The maximum absolute atomic E-state index is 12.2. The van der Waals surface area contributed by atoms with Crippen LogP contribution in [0.3, 0.4) is 0 Å². The Hall–Kier alpha value is -2.10. The third kappa shape index (κ3) is 6.23. The molecule has 1 fully saturated rings. The number of hydrogen-bond acceptors (Lipinski definition) is 4. The molecular weight excluding hydrogens is 362 g/mol. The Morgan fingerprint density at radius 1 is 1.48 bits per heavy atom. The Balaban J connectivity index is 1.86. The lowest BCUT2D eigenvalue weighted by Crippen LogP contribution is -2.33. The number of carboxylic acid groups (broad SMARTS) is 1. The van der Waals surface area contributed by atoms with Gasteiger partial charge in [0.15, 0.2) is 0 Å². The van der Waals surface area contributed by atoms with Crippen LogP contribution < -0.4 is 0 Å². The monoisotopic (exact) mass is 389 g/mol. The molecule has 27 heavy (non-hydrogen) atoms. The van der Waals surface area contributed by atoms with E-state index in [1.54, 1.807) is 19.1 Å². The molecule has 2 rings (SSSR count). The van der Waals surface area contributed by atoms with Crippen LogP contribution >= 0.6 is 11.3 Å². The van der Waals surface area contributed by atoms with Crippen molar-refractivity contribution >= 4 is 23.2 Å². The summed E-state index contributed by atoms with van der Waals surface area (Å²) in [6.45, 7) is 4.39. The van der Waals surface area contributed by atoms with Gasteiger partial charge in [-0.15, -0.1) is 23.2 Å². The molecule has 3 atom stereocenters. The largest absolute Gasteiger partial charge is 0.477 e. The van der Waals surface area contributed by atoms with Gasteiger partial charge in [0.05, 0.1) is 12.1 Å². The lowest BCUT2D eigenvalue weighted by atomic mass is 10.00. The molecule has 2 heterocycles. The van der Waals surface area contributed by atoms with Crippen molar-refractivity contribution in [2.24, 2.45) is 5.92 Å². The number of carboxylic acids is 1. The molecular formula is C21H27NO4S. The van der Waals surface area contributed by atoms with E-state index in [1.807, 2.05) is 24.0 Å². The second-order valence-corrected chi connectivity index (χ2v) is 8.02. The average Bonchev–Trinajstić information content (AvgIpc) is 3.25. The van der Waals surface area contributed by atoms with Crippen LogP contribution in [0.25, 0.3) is 0 Å². The van der Waals surface area contributed by atoms with Gasteiger partial charge in [0.25, 0.3) is 0 Å². The summed E-state index contributed by atoms with van der Waals surface area (Å²) in [6, 6.07) is 3.49. The van der Waals surface area contributed by atoms with Gasteiger partial charge in [-0.25, -0.2) is 4.79 Å². The number of nitrogens with zero attached hydrogens (tertiary/aromatic N) is 1. The van der Waals surface area contributed by atoms with E-state index in [9.17, 15) is 14.7 Å². The van der Waals surface area contributed by atoms with Crippen molar-refractivity contribution in [3.8, 4) is 11.8 Å². The highest BCUT2D eigenvalue weighted by molar-refractivity contribution is 7.13. The maximum atomic E-state index is 12.2. The van der Waals surface area contributed by atoms with Gasteiger partial charge >= 0.3 is 5.97 Å². The van der Waals surface area contributed by atoms with Crippen LogP contribution in [0.1, 0.15) is 54.1 Å². The van der Waals surface area contributed by atoms with Gasteiger partial charge < -0.3 is 15.1 Å². The van der Waals surface area contributed by atoms with Gasteiger partial charge in [0.2, 0.25) is 5.91 Å². The second kappa shape index (κ2) is 10.3. The Bertz CT molecular complexity index is 743. The molecule has 1 amide bonds. The number of amides is 1. The normalized spacial score (nSPS) is 19.1. The van der Waals surface area contributed by atoms with Crippen LogP contribution in [0.4, 0.5) is 0 Å². The number of hydrogen-bond donors (Lipinski definition) is 2. The van der Waals surface area contributed by atoms with Crippen molar-refractivity contribution in [1.29, 1.82) is 0 Å². The zero-order valence-electron chi connectivity index (χ0n) is 15.9. The fraction of sp³-hybridized carbons (Fsp3) is 0.524. The topological polar surface area (TPSA) is 77.8 Å². The van der Waals surface area contributed by atoms with E-state index in [2.05, 4.69) is 11.8 Å². The number of thiophene rings is 1. The molecule has 6 heteroatoms. The molecule has 1 aliphatic rings. The molecule has 0 radical (unpaired) electrons. The van der Waals surface area contributed by atoms with Gasteiger partial charge in [-0.05, 0) is 44.2 Å². The fourth-order valence-electron chi connectivity index (χ4n) is 3.11. The quantitative estimate of drug-likeness (QED) is 0.502. The van der Waals surface area contributed by atoms with Crippen LogP contribution in [-0.4, -0.2) is 45.7 Å². The summed E-state index contributed by atoms with van der Waals surface area (Å²) in [4.78, 5) is 26.3. The minimum Gasteiger partial charge on any atom is -0.477 e. The van der Waals surface area contributed by atoms with Crippen LogP contribution in [0, 0.1) is 17.8 Å². The van der Waals surface area contributed by atoms with Crippen LogP contribution in [0.2, 0.25) is 0 Å². The first-order valence-electron chi connectivity index (χ1n) is 9.29. The fourth-order valence-corrected chi connectivity index (χ4v) is 4.00. The highest BCUT2D eigenvalue weighted by Crippen LogP contribution is 2.23. The Labute approximate surface area is 164 Å². The summed E-state index contributed by atoms with van der Waals surface area (Å²) in [6.07, 6.45) is 6.67. The number of rotatable bonds is 9. The van der Waals surface area contributed by atoms with Crippen molar-refractivity contribution < 1.29 is 19.8 Å². The zero-order chi connectivity index (χ0) is 19.8. The number of aromatic carboxylic acids is 1. The summed E-state index contributed by atoms with van der Waals surface area (Å²) < 4.78 is 0. The van der Waals surface area contributed by atoms with E-state index in [1.165, 1.54) is 11.3 Å². The molecule has 146 valence electrons. The average molecular weight is 390 g/mol. The predicted molar refractivity (Wildman–Crippen MR) is 107 cm³/mol. The standard InChI is InChI=1S/C21H27NO4S/c1-3-4-6-15(2)18(23)11-8-16-9-13-20(24)22(16)14-5-7-17-10-12-19(27-17)21(25)26/h8,10-12,15-16,18,23H,5-7,9,13-14H2,1-2H3,(H,25,26)/t15-,16-,18-/m0/s1. The van der Waals surface area contributed by atoms with Crippen molar-refractivity contribution in [3.05, 3.63) is 34.0 Å². The number of likely N-dealkylation sites (tertiary alicyclic amines) is 1. The van der Waals surface area contributed by atoms with Gasteiger partial charge in [-0.1, -0.05) is 19.1 Å². The van der Waals surface area contributed by atoms with E-state index in [-0.39, 0.29) is 17.9 Å². The van der Waals surface area contributed by atoms with Gasteiger partial charge in [-0.2, -0.15) is 0 Å². The van der Waals surface area contributed by atoms with Crippen molar-refractivity contribution in [2.75, 3.05) is 6.54 Å². The summed E-state index contributed by atoms with van der Waals surface area (Å²) in [5, 5.41) is 19.2. The number of carbonyl (C=O) groups is 2. The third-order valence-corrected chi connectivity index (χ3v) is 5.92. The van der Waals surface area contributed by atoms with E-state index >= 15 is 0 Å². The smallest absolute Gasteiger partial charge is 0.345 e. The molecule has 0 aliphatic carbocycles. The van der Waals surface area contributed by atoms with Gasteiger partial charge in [0, 0.05) is 24.3 Å². The number of aliphatic hydroxyl groups excluding tert-OH is 1. The SMILES string of the molecule is CC#CC[C@H](C)[C@@H](O)C=C[C@H]1CCC(=O)N1CCCc1ccc(C(=O)O)s1. The predicted octanol–water partition coefficient (Wildman–Crippen LogP) is 3.34. The van der Waals surface area contributed by atoms with Crippen LogP contribution in [-0.2, 0) is 11.2 Å². The summed E-state index contributed by atoms with van der Waals surface area (Å²) in [7, 11) is 0. The van der Waals surface area contributed by atoms with Gasteiger partial charge in [0.1, 0.15) is 4.88 Å². The molecule has 1 aromatic heterocycles. The lowest BCUT2D eigenvalue weighted by molar-refractivity contribution is -0.128. The van der Waals surface area contributed by atoms with Crippen LogP contribution in [0.5, 0.6) is 0 Å². The first-order valence-corrected chi connectivity index (χ1v) is 10.1. The van der Waals surface area contributed by atoms with E-state index in [0.29, 0.717) is 24.3 Å². The molecule has 0 bridgehead atoms. The Kier molecular flexibility index (Phi) is 8.08. The molecule has 0 unspecified atom stereocenters. The summed E-state index contributed by atoms with van der Waals surface area (Å²) in [5.41, 5.74) is 0. The van der Waals surface area contributed by atoms with E-state index in [0.717, 1.165) is 24.1 Å². The summed E-state index contributed by atoms with van der Waals surface area (Å²) >= 11 is 1.29. The zero-order valence-corrected chi connectivity index (χ0v) is 16.7. The molecule has 5 nitrogen and oxygen atoms in total. The van der Waals surface area contributed by atoms with Crippen molar-refractivity contribution in [3.63, 3.8) is 0 Å². The van der Waals surface area contributed by atoms with Crippen molar-refractivity contribution in [2.45, 2.75) is 58.1 Å². The first kappa shape index (κ1) is 21.2. The highest BCUT2D eigenvalue weighted by Gasteiger charge is 2.28. The van der Waals surface area contributed by atoms with Crippen LogP contribution in [0.15, 0.2) is 24.3 Å². The minimum absolute atomic E-state index is 0.0227. The second-order valence-electron chi connectivity index (χ2n) is 6.85. The van der Waals surface area contributed by atoms with E-state index < -0.39 is 12.1 Å². The maximum Gasteiger partial charge on any atom is 0.345 e. The molecule has 1 saturated heterocycles. The molecule has 2 N–H and O–H groups in total. The molecule has 1 aliphatic heterocycles. The summed E-state index contributed by atoms with van der Waals surface area (Å²) in [5.74, 6) is 5.12. The lowest BCUT2D eigenvalue weighted by Gasteiger charge is -2.23. The third-order valence-electron chi connectivity index (χ3n) is 4.78. The number of carbonyl (C=O) groups excluding carboxylic acids is 1. The molecule has 0 spiro atoms. The Morgan fingerprint density at radius 3 is 2.93 bits per heavy atom. The van der Waals surface area contributed by atoms with E-state index in [4.69, 9.17) is 5.11 Å². The number of aryl methyl sites for hydroxylation is 1. The van der Waals surface area contributed by atoms with Gasteiger partial charge in [-0.3, -0.25) is 4.79 Å². The molecule has 0 aromatic carbocycles.